The average Bonchev–Trinajstić information content (AvgIpc) is 2.89. The van der Waals surface area contributed by atoms with Crippen LogP contribution in [0.3, 0.4) is 0 Å². The maximum absolute atomic E-state index is 13.1. The molecular formula is C34H48O10. The quantitative estimate of drug-likeness (QED) is 0.341. The van der Waals surface area contributed by atoms with Gasteiger partial charge >= 0.3 is 23.9 Å². The molecule has 4 rings (SSSR count). The van der Waals surface area contributed by atoms with Crippen molar-refractivity contribution in [1.82, 2.24) is 0 Å². The zero-order valence-corrected chi connectivity index (χ0v) is 27.5. The second-order valence-corrected chi connectivity index (χ2v) is 13.9. The van der Waals surface area contributed by atoms with E-state index >= 15 is 0 Å². The highest BCUT2D eigenvalue weighted by atomic mass is 16.8. The molecule has 2 fully saturated rings. The Morgan fingerprint density at radius 2 is 1.57 bits per heavy atom. The molecule has 1 aromatic rings. The second kappa shape index (κ2) is 12.1. The van der Waals surface area contributed by atoms with E-state index in [1.807, 2.05) is 18.2 Å². The fraction of sp³-hybridized carbons (Fsp3) is 0.706. The predicted molar refractivity (Wildman–Crippen MR) is 159 cm³/mol. The Morgan fingerprint density at radius 3 is 2.11 bits per heavy atom. The first-order chi connectivity index (χ1) is 20.4. The average molecular weight is 617 g/mol. The summed E-state index contributed by atoms with van der Waals surface area (Å²) in [5.74, 6) is -5.36. The summed E-state index contributed by atoms with van der Waals surface area (Å²) in [4.78, 5) is 51.0. The van der Waals surface area contributed by atoms with Gasteiger partial charge in [0.15, 0.2) is 12.2 Å². The van der Waals surface area contributed by atoms with Crippen molar-refractivity contribution in [3.63, 3.8) is 0 Å². The first-order valence-corrected chi connectivity index (χ1v) is 15.6. The van der Waals surface area contributed by atoms with Gasteiger partial charge in [0.2, 0.25) is 5.60 Å². The van der Waals surface area contributed by atoms with Gasteiger partial charge in [-0.1, -0.05) is 59.2 Å². The van der Waals surface area contributed by atoms with E-state index in [9.17, 15) is 24.3 Å². The molecule has 2 aliphatic carbocycles. The van der Waals surface area contributed by atoms with Crippen LogP contribution in [-0.4, -0.2) is 59.7 Å². The number of fused-ring (bicyclic) bond motifs is 3. The number of aliphatic hydroxyl groups is 1. The zero-order chi connectivity index (χ0) is 32.8. The van der Waals surface area contributed by atoms with Crippen LogP contribution in [0.5, 0.6) is 0 Å². The maximum atomic E-state index is 13.1. The number of hydrogen-bond acceptors (Lipinski definition) is 10. The molecule has 244 valence electrons. The summed E-state index contributed by atoms with van der Waals surface area (Å²) in [7, 11) is 0. The highest BCUT2D eigenvalue weighted by Crippen LogP contribution is 2.59. The molecule has 1 aliphatic heterocycles. The van der Waals surface area contributed by atoms with E-state index in [0.29, 0.717) is 11.5 Å². The van der Waals surface area contributed by atoms with E-state index in [4.69, 9.17) is 23.7 Å². The Morgan fingerprint density at radius 1 is 0.932 bits per heavy atom. The summed E-state index contributed by atoms with van der Waals surface area (Å²) in [6, 6.07) is 5.76. The molecule has 0 spiro atoms. The first kappa shape index (κ1) is 33.9. The molecule has 1 saturated heterocycles. The minimum Gasteiger partial charge on any atom is -0.456 e. The Labute approximate surface area is 260 Å². The lowest BCUT2D eigenvalue weighted by Crippen LogP contribution is -2.76. The Hall–Kier alpha value is -2.98. The lowest BCUT2D eigenvalue weighted by atomic mass is 9.50. The number of aliphatic hydroxyl groups excluding tert-OH is 1. The normalized spacial score (nSPS) is 34.2. The van der Waals surface area contributed by atoms with Crippen LogP contribution in [0.4, 0.5) is 0 Å². The summed E-state index contributed by atoms with van der Waals surface area (Å²) in [6.45, 7) is 14.5. The number of ether oxygens (including phenoxy) is 5. The van der Waals surface area contributed by atoms with Crippen LogP contribution in [-0.2, 0) is 60.3 Å². The van der Waals surface area contributed by atoms with Gasteiger partial charge in [0.25, 0.3) is 5.79 Å². The van der Waals surface area contributed by atoms with Crippen molar-refractivity contribution < 1.29 is 48.0 Å². The minimum absolute atomic E-state index is 0.0753. The van der Waals surface area contributed by atoms with Crippen LogP contribution in [0.2, 0.25) is 0 Å². The number of carbonyl (C=O) groups is 4. The molecule has 0 amide bonds. The highest BCUT2D eigenvalue weighted by molar-refractivity contribution is 5.71. The summed E-state index contributed by atoms with van der Waals surface area (Å²) in [5.41, 5.74) is 0.581. The minimum atomic E-state index is -2.13. The molecule has 10 heteroatoms. The lowest BCUT2D eigenvalue weighted by molar-refractivity contribution is -0.409. The molecule has 1 N–H and O–H groups in total. The molecule has 7 atom stereocenters. The van der Waals surface area contributed by atoms with Gasteiger partial charge in [-0.15, -0.1) is 0 Å². The molecular weight excluding hydrogens is 568 g/mol. The van der Waals surface area contributed by atoms with E-state index in [1.54, 1.807) is 13.8 Å². The van der Waals surface area contributed by atoms with Crippen molar-refractivity contribution in [2.75, 3.05) is 6.61 Å². The SMILES string of the molecule is CC(=O)O[C@H]1[C@@H](CO)O[C@@](OC(C)=O)(C(C)C)[C@@](OC(C)=O)(c2ccc3c(c2)CC[C@H]2C(C)(C)CCC[C@]32C)[C@H]1OC(C)=O. The van der Waals surface area contributed by atoms with Crippen LogP contribution in [0.1, 0.15) is 105 Å². The molecule has 1 saturated carbocycles. The van der Waals surface area contributed by atoms with Crippen LogP contribution in [0, 0.1) is 17.3 Å². The third kappa shape index (κ3) is 5.53. The summed E-state index contributed by atoms with van der Waals surface area (Å²) in [6.07, 6.45) is 0.771. The van der Waals surface area contributed by atoms with E-state index < -0.39 is 66.1 Å². The third-order valence-electron chi connectivity index (χ3n) is 10.1. The molecule has 0 radical (unpaired) electrons. The second-order valence-electron chi connectivity index (χ2n) is 13.9. The van der Waals surface area contributed by atoms with E-state index in [1.165, 1.54) is 39.7 Å². The molecule has 1 heterocycles. The molecule has 1 aromatic carbocycles. The van der Waals surface area contributed by atoms with E-state index in [0.717, 1.165) is 31.2 Å². The monoisotopic (exact) mass is 616 g/mol. The molecule has 44 heavy (non-hydrogen) atoms. The molecule has 0 unspecified atom stereocenters. The standard InChI is InChI=1S/C34H48O10/c1-19(2)34(43-23(6)39)33(42-22(5)38,30(41-21(4)37)29(40-20(3)36)27(18-35)44-34)25-12-13-26-24(17-25)11-14-28-31(7,8)15-10-16-32(26,28)9/h12-13,17,19,27-30,35H,10-11,14-16,18H2,1-9H3/t27-,28+,29+,30+,32-,33-,34+/m1/s1. The van der Waals surface area contributed by atoms with Crippen molar-refractivity contribution in [2.45, 2.75) is 130 Å². The number of esters is 4. The highest BCUT2D eigenvalue weighted by Gasteiger charge is 2.74. The number of carbonyl (C=O) groups excluding carboxylic acids is 4. The van der Waals surface area contributed by atoms with Crippen molar-refractivity contribution in [3.8, 4) is 0 Å². The zero-order valence-electron chi connectivity index (χ0n) is 27.5. The van der Waals surface area contributed by atoms with Crippen LogP contribution in [0.25, 0.3) is 0 Å². The van der Waals surface area contributed by atoms with Gasteiger partial charge in [0, 0.05) is 39.2 Å². The fourth-order valence-corrected chi connectivity index (χ4v) is 8.62. The summed E-state index contributed by atoms with van der Waals surface area (Å²) in [5, 5.41) is 10.4. The summed E-state index contributed by atoms with van der Waals surface area (Å²) >= 11 is 0. The predicted octanol–water partition coefficient (Wildman–Crippen LogP) is 4.65. The van der Waals surface area contributed by atoms with Gasteiger partial charge in [-0.3, -0.25) is 19.2 Å². The fourth-order valence-electron chi connectivity index (χ4n) is 8.62. The Balaban J connectivity index is 2.07. The lowest BCUT2D eigenvalue weighted by Gasteiger charge is -2.58. The van der Waals surface area contributed by atoms with Crippen LogP contribution in [0.15, 0.2) is 18.2 Å². The van der Waals surface area contributed by atoms with Crippen molar-refractivity contribution >= 4 is 23.9 Å². The van der Waals surface area contributed by atoms with Gasteiger partial charge in [-0.2, -0.15) is 0 Å². The first-order valence-electron chi connectivity index (χ1n) is 15.6. The number of rotatable bonds is 7. The van der Waals surface area contributed by atoms with E-state index in [2.05, 4.69) is 20.8 Å². The third-order valence-corrected chi connectivity index (χ3v) is 10.1. The Kier molecular flexibility index (Phi) is 9.31. The topological polar surface area (TPSA) is 135 Å². The van der Waals surface area contributed by atoms with Gasteiger partial charge in [-0.05, 0) is 53.6 Å². The largest absolute Gasteiger partial charge is 0.456 e. The molecule has 10 nitrogen and oxygen atoms in total. The van der Waals surface area contributed by atoms with Crippen LogP contribution >= 0.6 is 0 Å². The van der Waals surface area contributed by atoms with Crippen molar-refractivity contribution in [1.29, 1.82) is 0 Å². The van der Waals surface area contributed by atoms with Gasteiger partial charge in [-0.25, -0.2) is 0 Å². The molecule has 3 aliphatic rings. The van der Waals surface area contributed by atoms with Crippen LogP contribution < -0.4 is 0 Å². The molecule has 0 bridgehead atoms. The number of benzene rings is 1. The van der Waals surface area contributed by atoms with Crippen molar-refractivity contribution in [3.05, 3.63) is 34.9 Å². The van der Waals surface area contributed by atoms with E-state index in [-0.39, 0.29) is 10.8 Å². The van der Waals surface area contributed by atoms with Gasteiger partial charge in [0.05, 0.1) is 6.61 Å². The smallest absolute Gasteiger partial charge is 0.305 e. The van der Waals surface area contributed by atoms with Gasteiger partial charge in [0.1, 0.15) is 6.10 Å². The van der Waals surface area contributed by atoms with Gasteiger partial charge < -0.3 is 28.8 Å². The number of aryl methyl sites for hydroxylation is 1. The maximum Gasteiger partial charge on any atom is 0.305 e. The number of hydrogen-bond donors (Lipinski definition) is 1. The molecule has 0 aromatic heterocycles. The Bertz CT molecular complexity index is 1300. The van der Waals surface area contributed by atoms with Crippen molar-refractivity contribution in [2.24, 2.45) is 17.3 Å². The summed E-state index contributed by atoms with van der Waals surface area (Å²) < 4.78 is 30.2.